The molecule has 0 rings (SSSR count). The van der Waals surface area contributed by atoms with Crippen LogP contribution in [0.2, 0.25) is 0 Å². The lowest BCUT2D eigenvalue weighted by atomic mass is 10.2. The van der Waals surface area contributed by atoms with E-state index >= 15 is 0 Å². The van der Waals surface area contributed by atoms with E-state index in [0.29, 0.717) is 5.96 Å². The van der Waals surface area contributed by atoms with Gasteiger partial charge >= 0.3 is 5.97 Å². The van der Waals surface area contributed by atoms with Gasteiger partial charge < -0.3 is 10.1 Å². The average molecular weight is 216 g/mol. The fourth-order valence-electron chi connectivity index (χ4n) is 0.808. The van der Waals surface area contributed by atoms with E-state index in [0.717, 1.165) is 0 Å². The number of hydrazine groups is 1. The Bertz CT molecular complexity index is 233. The molecule has 0 aliphatic rings. The van der Waals surface area contributed by atoms with Gasteiger partial charge in [0.2, 0.25) is 5.96 Å². The van der Waals surface area contributed by atoms with Crippen molar-refractivity contribution in [1.82, 2.24) is 16.2 Å². The molecule has 0 unspecified atom stereocenters. The van der Waals surface area contributed by atoms with Crippen LogP contribution in [0.25, 0.3) is 0 Å². The molecular formula is C9H20N4O2. The number of rotatable bonds is 3. The van der Waals surface area contributed by atoms with E-state index in [1.807, 2.05) is 20.8 Å². The van der Waals surface area contributed by atoms with E-state index in [1.165, 1.54) is 0 Å². The van der Waals surface area contributed by atoms with Crippen molar-refractivity contribution in [2.45, 2.75) is 26.4 Å². The van der Waals surface area contributed by atoms with Gasteiger partial charge in [0.15, 0.2) is 0 Å². The zero-order valence-electron chi connectivity index (χ0n) is 9.97. The Morgan fingerprint density at radius 3 is 2.40 bits per heavy atom. The van der Waals surface area contributed by atoms with Crippen molar-refractivity contribution < 1.29 is 9.53 Å². The minimum absolute atomic E-state index is 0.0813. The first-order chi connectivity index (χ1) is 6.89. The molecule has 0 amide bonds. The zero-order valence-corrected chi connectivity index (χ0v) is 9.97. The number of ether oxygens (including phenoxy) is 1. The number of hydrogen-bond acceptors (Lipinski definition) is 4. The molecule has 0 saturated heterocycles. The summed E-state index contributed by atoms with van der Waals surface area (Å²) in [6, 6.07) is 0. The van der Waals surface area contributed by atoms with E-state index in [4.69, 9.17) is 4.74 Å². The lowest BCUT2D eigenvalue weighted by molar-refractivity contribution is -0.153. The van der Waals surface area contributed by atoms with Crippen molar-refractivity contribution in [3.05, 3.63) is 0 Å². The molecule has 0 heterocycles. The van der Waals surface area contributed by atoms with Crippen molar-refractivity contribution in [1.29, 1.82) is 0 Å². The molecule has 0 fully saturated rings. The Balaban J connectivity index is 3.74. The molecule has 3 N–H and O–H groups in total. The molecule has 88 valence electrons. The maximum absolute atomic E-state index is 11.2. The van der Waals surface area contributed by atoms with Crippen LogP contribution in [0, 0.1) is 0 Å². The molecular weight excluding hydrogens is 196 g/mol. The fourth-order valence-corrected chi connectivity index (χ4v) is 0.808. The van der Waals surface area contributed by atoms with Crippen LogP contribution in [-0.2, 0) is 9.53 Å². The lowest BCUT2D eigenvalue weighted by Gasteiger charge is -2.19. The Hall–Kier alpha value is -1.30. The number of aliphatic imine (C=N–C) groups is 1. The summed E-state index contributed by atoms with van der Waals surface area (Å²) in [5.41, 5.74) is 4.96. The van der Waals surface area contributed by atoms with Gasteiger partial charge in [-0.15, -0.1) is 0 Å². The quantitative estimate of drug-likeness (QED) is 0.260. The van der Waals surface area contributed by atoms with Crippen LogP contribution < -0.4 is 16.2 Å². The monoisotopic (exact) mass is 216 g/mol. The van der Waals surface area contributed by atoms with Crippen LogP contribution in [-0.4, -0.2) is 38.2 Å². The molecule has 6 nitrogen and oxygen atoms in total. The summed E-state index contributed by atoms with van der Waals surface area (Å²) in [4.78, 5) is 15.1. The average Bonchev–Trinajstić information content (AvgIpc) is 2.09. The highest BCUT2D eigenvalue weighted by Gasteiger charge is 2.15. The maximum atomic E-state index is 11.2. The SMILES string of the molecule is CN=C(NC)NNCC(=O)OC(C)(C)C. The first kappa shape index (κ1) is 13.7. The molecule has 0 aliphatic heterocycles. The molecule has 0 aromatic rings. The van der Waals surface area contributed by atoms with E-state index in [9.17, 15) is 4.79 Å². The van der Waals surface area contributed by atoms with Crippen molar-refractivity contribution in [3.63, 3.8) is 0 Å². The Morgan fingerprint density at radius 2 is 2.00 bits per heavy atom. The summed E-state index contributed by atoms with van der Waals surface area (Å²) in [5, 5.41) is 2.80. The van der Waals surface area contributed by atoms with E-state index < -0.39 is 5.60 Å². The van der Waals surface area contributed by atoms with Crippen LogP contribution in [0.1, 0.15) is 20.8 Å². The number of hydrogen-bond donors (Lipinski definition) is 3. The van der Waals surface area contributed by atoms with Gasteiger partial charge in [-0.05, 0) is 20.8 Å². The number of carbonyl (C=O) groups excluding carboxylic acids is 1. The van der Waals surface area contributed by atoms with Crippen LogP contribution in [0.4, 0.5) is 0 Å². The normalized spacial score (nSPS) is 12.2. The molecule has 0 spiro atoms. The lowest BCUT2D eigenvalue weighted by Crippen LogP contribution is -2.46. The van der Waals surface area contributed by atoms with Gasteiger partial charge in [0, 0.05) is 14.1 Å². The van der Waals surface area contributed by atoms with Gasteiger partial charge in [0.1, 0.15) is 12.1 Å². The maximum Gasteiger partial charge on any atom is 0.322 e. The first-order valence-electron chi connectivity index (χ1n) is 4.74. The fraction of sp³-hybridized carbons (Fsp3) is 0.778. The highest BCUT2D eigenvalue weighted by molar-refractivity contribution is 5.79. The molecule has 0 saturated carbocycles. The van der Waals surface area contributed by atoms with Crippen molar-refractivity contribution >= 4 is 11.9 Å². The number of guanidine groups is 1. The predicted molar refractivity (Wildman–Crippen MR) is 59.4 cm³/mol. The third-order valence-corrected chi connectivity index (χ3v) is 1.32. The highest BCUT2D eigenvalue weighted by atomic mass is 16.6. The van der Waals surface area contributed by atoms with Gasteiger partial charge in [0.05, 0.1) is 0 Å². The molecule has 0 aromatic heterocycles. The van der Waals surface area contributed by atoms with E-state index in [-0.39, 0.29) is 12.5 Å². The van der Waals surface area contributed by atoms with Crippen LogP contribution in [0.15, 0.2) is 4.99 Å². The van der Waals surface area contributed by atoms with Gasteiger partial charge in [-0.1, -0.05) is 0 Å². The summed E-state index contributed by atoms with van der Waals surface area (Å²) < 4.78 is 5.09. The first-order valence-corrected chi connectivity index (χ1v) is 4.74. The van der Waals surface area contributed by atoms with Crippen LogP contribution >= 0.6 is 0 Å². The number of esters is 1. The molecule has 0 radical (unpaired) electrons. The second kappa shape index (κ2) is 6.23. The second-order valence-electron chi connectivity index (χ2n) is 3.89. The van der Waals surface area contributed by atoms with Gasteiger partial charge in [-0.2, -0.15) is 0 Å². The molecule has 0 aromatic carbocycles. The third kappa shape index (κ3) is 7.75. The van der Waals surface area contributed by atoms with Crippen molar-refractivity contribution in [3.8, 4) is 0 Å². The summed E-state index contributed by atoms with van der Waals surface area (Å²) in [6.07, 6.45) is 0. The standard InChI is InChI=1S/C9H20N4O2/c1-9(2,3)15-7(14)6-12-13-8(10-4)11-5/h12H,6H2,1-5H3,(H2,10,11,13). The van der Waals surface area contributed by atoms with Crippen LogP contribution in [0.5, 0.6) is 0 Å². The number of nitrogens with zero attached hydrogens (tertiary/aromatic N) is 1. The molecule has 6 heteroatoms. The molecule has 0 atom stereocenters. The minimum Gasteiger partial charge on any atom is -0.459 e. The highest BCUT2D eigenvalue weighted by Crippen LogP contribution is 2.05. The molecule has 15 heavy (non-hydrogen) atoms. The summed E-state index contributed by atoms with van der Waals surface area (Å²) in [6.45, 7) is 5.55. The smallest absolute Gasteiger partial charge is 0.322 e. The number of carbonyl (C=O) groups is 1. The van der Waals surface area contributed by atoms with Gasteiger partial charge in [-0.25, -0.2) is 5.43 Å². The third-order valence-electron chi connectivity index (χ3n) is 1.32. The van der Waals surface area contributed by atoms with E-state index in [2.05, 4.69) is 21.2 Å². The van der Waals surface area contributed by atoms with Gasteiger partial charge in [0.25, 0.3) is 0 Å². The summed E-state index contributed by atoms with van der Waals surface area (Å²) >= 11 is 0. The molecule has 0 aliphatic carbocycles. The number of nitrogens with one attached hydrogen (secondary N) is 3. The Morgan fingerprint density at radius 1 is 1.40 bits per heavy atom. The predicted octanol–water partition coefficient (Wildman–Crippen LogP) is -0.372. The zero-order chi connectivity index (χ0) is 11.9. The minimum atomic E-state index is -0.455. The topological polar surface area (TPSA) is 74.8 Å². The summed E-state index contributed by atoms with van der Waals surface area (Å²) in [7, 11) is 3.36. The largest absolute Gasteiger partial charge is 0.459 e. The Labute approximate surface area is 90.4 Å². The van der Waals surface area contributed by atoms with E-state index in [1.54, 1.807) is 14.1 Å². The molecule has 0 bridgehead atoms. The Kier molecular flexibility index (Phi) is 5.69. The van der Waals surface area contributed by atoms with Crippen molar-refractivity contribution in [2.24, 2.45) is 4.99 Å². The van der Waals surface area contributed by atoms with Gasteiger partial charge in [-0.3, -0.25) is 15.2 Å². The van der Waals surface area contributed by atoms with Crippen LogP contribution in [0.3, 0.4) is 0 Å². The second-order valence-corrected chi connectivity index (χ2v) is 3.89. The van der Waals surface area contributed by atoms with Crippen molar-refractivity contribution in [2.75, 3.05) is 20.6 Å². The summed E-state index contributed by atoms with van der Waals surface area (Å²) in [5.74, 6) is 0.236.